The summed E-state index contributed by atoms with van der Waals surface area (Å²) >= 11 is 0. The molecule has 1 N–H and O–H groups in total. The maximum absolute atomic E-state index is 5.67. The van der Waals surface area contributed by atoms with Crippen LogP contribution < -0.4 is 10.1 Å². The van der Waals surface area contributed by atoms with Crippen LogP contribution in [-0.4, -0.2) is 48.2 Å². The Bertz CT molecular complexity index is 603. The number of likely N-dealkylation sites (N-methyl/N-ethyl adjacent to an activating group) is 1. The Morgan fingerprint density at radius 3 is 2.70 bits per heavy atom. The molecular formula is C15H22IN5O2. The summed E-state index contributed by atoms with van der Waals surface area (Å²) in [5.74, 6) is 2.76. The topological polar surface area (TPSA) is 75.8 Å². The van der Waals surface area contributed by atoms with Crippen molar-refractivity contribution >= 4 is 29.9 Å². The van der Waals surface area contributed by atoms with Crippen molar-refractivity contribution in [1.29, 1.82) is 0 Å². The minimum absolute atomic E-state index is 0. The number of para-hydroxylation sites is 1. The summed E-state index contributed by atoms with van der Waals surface area (Å²) in [6.45, 7) is 3.50. The average Bonchev–Trinajstić information content (AvgIpc) is 2.94. The predicted molar refractivity (Wildman–Crippen MR) is 99.2 cm³/mol. The number of rotatable bonds is 6. The maximum Gasteiger partial charge on any atom is 0.246 e. The number of aryl methyl sites for hydroxylation is 1. The van der Waals surface area contributed by atoms with E-state index < -0.39 is 0 Å². The van der Waals surface area contributed by atoms with Crippen LogP contribution in [0.1, 0.15) is 11.7 Å². The van der Waals surface area contributed by atoms with Crippen molar-refractivity contribution in [2.24, 2.45) is 4.99 Å². The van der Waals surface area contributed by atoms with E-state index >= 15 is 0 Å². The van der Waals surface area contributed by atoms with Crippen LogP contribution in [0.3, 0.4) is 0 Å². The second kappa shape index (κ2) is 10.0. The van der Waals surface area contributed by atoms with Crippen LogP contribution in [-0.2, 0) is 6.54 Å². The third kappa shape index (κ3) is 6.43. The fourth-order valence-corrected chi connectivity index (χ4v) is 1.87. The first-order valence-electron chi connectivity index (χ1n) is 7.08. The van der Waals surface area contributed by atoms with E-state index in [0.29, 0.717) is 31.4 Å². The fourth-order valence-electron chi connectivity index (χ4n) is 1.87. The van der Waals surface area contributed by atoms with Crippen LogP contribution in [0.5, 0.6) is 5.75 Å². The van der Waals surface area contributed by atoms with Gasteiger partial charge >= 0.3 is 0 Å². The van der Waals surface area contributed by atoms with Gasteiger partial charge in [-0.2, -0.15) is 4.98 Å². The number of hydrogen-bond donors (Lipinski definition) is 1. The van der Waals surface area contributed by atoms with E-state index in [2.05, 4.69) is 20.4 Å². The standard InChI is InChI=1S/C15H21N5O2.HI/c1-12-18-14(22-19-12)11-17-15(16-2)20(3)9-10-21-13-7-5-4-6-8-13;/h4-8H,9-11H2,1-3H3,(H,16,17);1H. The second-order valence-corrected chi connectivity index (χ2v) is 4.72. The van der Waals surface area contributed by atoms with Crippen LogP contribution in [0.4, 0.5) is 0 Å². The first kappa shape index (κ1) is 19.2. The van der Waals surface area contributed by atoms with Crippen LogP contribution in [0.25, 0.3) is 0 Å². The van der Waals surface area contributed by atoms with Gasteiger partial charge in [-0.25, -0.2) is 0 Å². The number of nitrogens with zero attached hydrogens (tertiary/aromatic N) is 4. The number of guanidine groups is 1. The third-order valence-electron chi connectivity index (χ3n) is 2.98. The Hall–Kier alpha value is -1.84. The first-order chi connectivity index (χ1) is 10.7. The number of aromatic nitrogens is 2. The zero-order chi connectivity index (χ0) is 15.8. The van der Waals surface area contributed by atoms with Crippen molar-refractivity contribution in [1.82, 2.24) is 20.4 Å². The molecule has 0 radical (unpaired) electrons. The van der Waals surface area contributed by atoms with Crippen LogP contribution in [0.15, 0.2) is 39.8 Å². The number of ether oxygens (including phenoxy) is 1. The lowest BCUT2D eigenvalue weighted by molar-refractivity contribution is 0.280. The van der Waals surface area contributed by atoms with E-state index in [9.17, 15) is 0 Å². The molecule has 0 saturated heterocycles. The van der Waals surface area contributed by atoms with Gasteiger partial charge in [0, 0.05) is 14.1 Å². The summed E-state index contributed by atoms with van der Waals surface area (Å²) in [6, 6.07) is 9.73. The summed E-state index contributed by atoms with van der Waals surface area (Å²) in [6.07, 6.45) is 0. The number of nitrogens with one attached hydrogen (secondary N) is 1. The minimum Gasteiger partial charge on any atom is -0.492 e. The lowest BCUT2D eigenvalue weighted by atomic mass is 10.3. The Morgan fingerprint density at radius 2 is 2.09 bits per heavy atom. The molecule has 1 aromatic heterocycles. The normalized spacial score (nSPS) is 10.8. The first-order valence-corrected chi connectivity index (χ1v) is 7.08. The van der Waals surface area contributed by atoms with Crippen molar-refractivity contribution in [3.63, 3.8) is 0 Å². The lowest BCUT2D eigenvalue weighted by Crippen LogP contribution is -2.40. The lowest BCUT2D eigenvalue weighted by Gasteiger charge is -2.21. The van der Waals surface area contributed by atoms with E-state index in [0.717, 1.165) is 11.7 Å². The van der Waals surface area contributed by atoms with E-state index in [1.807, 2.05) is 42.3 Å². The van der Waals surface area contributed by atoms with E-state index in [4.69, 9.17) is 9.26 Å². The highest BCUT2D eigenvalue weighted by Gasteiger charge is 2.08. The van der Waals surface area contributed by atoms with E-state index in [-0.39, 0.29) is 24.0 Å². The molecule has 0 unspecified atom stereocenters. The van der Waals surface area contributed by atoms with Gasteiger partial charge in [0.1, 0.15) is 12.4 Å². The van der Waals surface area contributed by atoms with Gasteiger partial charge in [-0.05, 0) is 19.1 Å². The zero-order valence-electron chi connectivity index (χ0n) is 13.5. The molecule has 0 aliphatic rings. The summed E-state index contributed by atoms with van der Waals surface area (Å²) in [7, 11) is 3.68. The third-order valence-corrected chi connectivity index (χ3v) is 2.98. The zero-order valence-corrected chi connectivity index (χ0v) is 15.9. The average molecular weight is 431 g/mol. The summed E-state index contributed by atoms with van der Waals surface area (Å²) in [5.41, 5.74) is 0. The molecule has 8 heteroatoms. The van der Waals surface area contributed by atoms with Gasteiger partial charge in [-0.1, -0.05) is 23.4 Å². The summed E-state index contributed by atoms with van der Waals surface area (Å²) in [4.78, 5) is 10.3. The van der Waals surface area contributed by atoms with Gasteiger partial charge in [-0.3, -0.25) is 4.99 Å². The van der Waals surface area contributed by atoms with Gasteiger partial charge in [0.05, 0.1) is 13.1 Å². The Labute approximate surface area is 153 Å². The monoisotopic (exact) mass is 431 g/mol. The molecule has 2 rings (SSSR count). The highest BCUT2D eigenvalue weighted by Crippen LogP contribution is 2.07. The molecule has 0 spiro atoms. The SMILES string of the molecule is CN=C(NCc1nc(C)no1)N(C)CCOc1ccccc1.I. The molecule has 2 aromatic rings. The van der Waals surface area contributed by atoms with Crippen molar-refractivity contribution in [2.45, 2.75) is 13.5 Å². The Balaban J connectivity index is 0.00000264. The molecule has 0 fully saturated rings. The predicted octanol–water partition coefficient (Wildman–Crippen LogP) is 2.08. The molecular weight excluding hydrogens is 409 g/mol. The quantitative estimate of drug-likeness (QED) is 0.429. The number of hydrogen-bond acceptors (Lipinski definition) is 5. The van der Waals surface area contributed by atoms with E-state index in [1.165, 1.54) is 0 Å². The van der Waals surface area contributed by atoms with E-state index in [1.54, 1.807) is 14.0 Å². The minimum atomic E-state index is 0. The highest BCUT2D eigenvalue weighted by atomic mass is 127. The van der Waals surface area contributed by atoms with Crippen LogP contribution in [0, 0.1) is 6.92 Å². The molecule has 23 heavy (non-hydrogen) atoms. The molecule has 1 heterocycles. The maximum atomic E-state index is 5.67. The molecule has 0 bridgehead atoms. The van der Waals surface area contributed by atoms with Crippen molar-refractivity contribution < 1.29 is 9.26 Å². The van der Waals surface area contributed by atoms with Gasteiger partial charge in [0.2, 0.25) is 5.89 Å². The van der Waals surface area contributed by atoms with Crippen molar-refractivity contribution in [3.05, 3.63) is 42.0 Å². The molecule has 0 aliphatic heterocycles. The van der Waals surface area contributed by atoms with Gasteiger partial charge in [0.25, 0.3) is 0 Å². The summed E-state index contributed by atoms with van der Waals surface area (Å²) < 4.78 is 10.7. The van der Waals surface area contributed by atoms with Gasteiger partial charge in [0.15, 0.2) is 11.8 Å². The molecule has 0 amide bonds. The number of halogens is 1. The molecule has 0 atom stereocenters. The van der Waals surface area contributed by atoms with Crippen molar-refractivity contribution in [3.8, 4) is 5.75 Å². The van der Waals surface area contributed by atoms with Gasteiger partial charge in [-0.15, -0.1) is 24.0 Å². The molecule has 0 saturated carbocycles. The van der Waals surface area contributed by atoms with Gasteiger partial charge < -0.3 is 19.5 Å². The summed E-state index contributed by atoms with van der Waals surface area (Å²) in [5, 5.41) is 6.92. The number of aliphatic imine (C=N–C) groups is 1. The Kier molecular flexibility index (Phi) is 8.38. The van der Waals surface area contributed by atoms with Crippen molar-refractivity contribution in [2.75, 3.05) is 27.2 Å². The highest BCUT2D eigenvalue weighted by molar-refractivity contribution is 14.0. The molecule has 7 nitrogen and oxygen atoms in total. The van der Waals surface area contributed by atoms with Crippen LogP contribution in [0.2, 0.25) is 0 Å². The second-order valence-electron chi connectivity index (χ2n) is 4.72. The largest absolute Gasteiger partial charge is 0.492 e. The smallest absolute Gasteiger partial charge is 0.246 e. The molecule has 0 aliphatic carbocycles. The molecule has 126 valence electrons. The molecule has 1 aromatic carbocycles. The Morgan fingerprint density at radius 1 is 1.35 bits per heavy atom. The fraction of sp³-hybridized carbons (Fsp3) is 0.400. The number of benzene rings is 1. The van der Waals surface area contributed by atoms with Crippen LogP contribution >= 0.6 is 24.0 Å².